The third-order valence-electron chi connectivity index (χ3n) is 4.00. The van der Waals surface area contributed by atoms with Crippen LogP contribution in [0.4, 0.5) is 5.69 Å². The van der Waals surface area contributed by atoms with E-state index in [9.17, 15) is 14.7 Å². The minimum absolute atomic E-state index is 0.162. The number of carbonyl (C=O) groups is 2. The van der Waals surface area contributed by atoms with Gasteiger partial charge in [-0.25, -0.2) is 0 Å². The molecule has 0 fully saturated rings. The van der Waals surface area contributed by atoms with E-state index < -0.39 is 17.9 Å². The highest BCUT2D eigenvalue weighted by Crippen LogP contribution is 2.34. The number of aliphatic hydroxyl groups excluding tert-OH is 1. The second-order valence-corrected chi connectivity index (χ2v) is 5.99. The Morgan fingerprint density at radius 1 is 1.08 bits per heavy atom. The first kappa shape index (κ1) is 17.8. The molecule has 0 aliphatic carbocycles. The largest absolute Gasteiger partial charge is 0.454 e. The Morgan fingerprint density at radius 3 is 2.58 bits per heavy atom. The number of hydrogen-bond donors (Lipinski definition) is 3. The molecule has 1 atom stereocenters. The molecule has 0 radical (unpaired) electrons. The van der Waals surface area contributed by atoms with Gasteiger partial charge in [0.05, 0.1) is 6.10 Å². The van der Waals surface area contributed by atoms with Crippen molar-refractivity contribution < 1.29 is 24.2 Å². The molecule has 1 aliphatic heterocycles. The minimum Gasteiger partial charge on any atom is -0.454 e. The van der Waals surface area contributed by atoms with E-state index in [1.54, 1.807) is 30.3 Å². The van der Waals surface area contributed by atoms with Crippen LogP contribution < -0.4 is 20.1 Å². The topological polar surface area (TPSA) is 96.9 Å². The number of aliphatic hydroxyl groups is 1. The lowest BCUT2D eigenvalue weighted by Crippen LogP contribution is -2.36. The van der Waals surface area contributed by atoms with Gasteiger partial charge in [0.2, 0.25) is 6.79 Å². The van der Waals surface area contributed by atoms with E-state index in [1.165, 1.54) is 0 Å². The van der Waals surface area contributed by atoms with E-state index in [-0.39, 0.29) is 19.8 Å². The summed E-state index contributed by atoms with van der Waals surface area (Å²) in [6.45, 7) is 2.26. The standard InChI is InChI=1S/C19H20N2O5/c1-12-2-5-14(6-3-12)21-19(24)18(23)20-9-8-15(22)13-4-7-16-17(10-13)26-11-25-16/h2-7,10,15,22H,8-9,11H2,1H3,(H,20,23)(H,21,24). The molecule has 0 bridgehead atoms. The Bertz CT molecular complexity index is 804. The van der Waals surface area contributed by atoms with Crippen molar-refractivity contribution in [2.75, 3.05) is 18.7 Å². The molecule has 7 heteroatoms. The number of aryl methyl sites for hydroxylation is 1. The summed E-state index contributed by atoms with van der Waals surface area (Å²) in [6.07, 6.45) is -0.520. The molecule has 26 heavy (non-hydrogen) atoms. The molecule has 7 nitrogen and oxygen atoms in total. The summed E-state index contributed by atoms with van der Waals surface area (Å²) in [5.41, 5.74) is 2.27. The van der Waals surface area contributed by atoms with Crippen LogP contribution in [0.25, 0.3) is 0 Å². The van der Waals surface area contributed by atoms with E-state index >= 15 is 0 Å². The van der Waals surface area contributed by atoms with Crippen LogP contribution in [-0.4, -0.2) is 30.3 Å². The Morgan fingerprint density at radius 2 is 1.81 bits per heavy atom. The summed E-state index contributed by atoms with van der Waals surface area (Å²) in [7, 11) is 0. The lowest BCUT2D eigenvalue weighted by Gasteiger charge is -2.12. The van der Waals surface area contributed by atoms with Gasteiger partial charge in [-0.1, -0.05) is 23.8 Å². The van der Waals surface area contributed by atoms with Gasteiger partial charge in [-0.15, -0.1) is 0 Å². The molecule has 1 aliphatic rings. The van der Waals surface area contributed by atoms with Crippen molar-refractivity contribution in [3.63, 3.8) is 0 Å². The Labute approximate surface area is 150 Å². The fourth-order valence-corrected chi connectivity index (χ4v) is 2.51. The second-order valence-electron chi connectivity index (χ2n) is 5.99. The Balaban J connectivity index is 1.45. The summed E-state index contributed by atoms with van der Waals surface area (Å²) in [6, 6.07) is 12.3. The normalized spacial score (nSPS) is 13.2. The summed E-state index contributed by atoms with van der Waals surface area (Å²) >= 11 is 0. The monoisotopic (exact) mass is 356 g/mol. The van der Waals surface area contributed by atoms with E-state index in [0.717, 1.165) is 5.56 Å². The average Bonchev–Trinajstić information content (AvgIpc) is 3.11. The van der Waals surface area contributed by atoms with Gasteiger partial charge in [-0.3, -0.25) is 9.59 Å². The summed E-state index contributed by atoms with van der Waals surface area (Å²) in [4.78, 5) is 23.7. The van der Waals surface area contributed by atoms with Crippen molar-refractivity contribution in [3.05, 3.63) is 53.6 Å². The SMILES string of the molecule is Cc1ccc(NC(=O)C(=O)NCCC(O)c2ccc3c(c2)OCO3)cc1. The average molecular weight is 356 g/mol. The van der Waals surface area contributed by atoms with Gasteiger partial charge in [0.15, 0.2) is 11.5 Å². The molecule has 136 valence electrons. The zero-order valence-corrected chi connectivity index (χ0v) is 14.3. The molecule has 2 amide bonds. The van der Waals surface area contributed by atoms with E-state index in [2.05, 4.69) is 10.6 Å². The third kappa shape index (κ3) is 4.31. The maximum Gasteiger partial charge on any atom is 0.313 e. The van der Waals surface area contributed by atoms with E-state index in [0.29, 0.717) is 22.7 Å². The van der Waals surface area contributed by atoms with Crippen molar-refractivity contribution in [2.24, 2.45) is 0 Å². The molecule has 0 saturated heterocycles. The van der Waals surface area contributed by atoms with E-state index in [4.69, 9.17) is 9.47 Å². The number of anilines is 1. The zero-order chi connectivity index (χ0) is 18.5. The molecule has 2 aromatic carbocycles. The summed E-state index contributed by atoms with van der Waals surface area (Å²) < 4.78 is 10.5. The molecular formula is C19H20N2O5. The molecule has 2 aromatic rings. The first-order valence-corrected chi connectivity index (χ1v) is 8.26. The van der Waals surface area contributed by atoms with Crippen molar-refractivity contribution in [1.82, 2.24) is 5.32 Å². The number of fused-ring (bicyclic) bond motifs is 1. The first-order chi connectivity index (χ1) is 12.5. The number of hydrogen-bond acceptors (Lipinski definition) is 5. The summed E-state index contributed by atoms with van der Waals surface area (Å²) in [5.74, 6) is -0.264. The lowest BCUT2D eigenvalue weighted by atomic mass is 10.1. The lowest BCUT2D eigenvalue weighted by molar-refractivity contribution is -0.136. The molecule has 3 N–H and O–H groups in total. The number of amides is 2. The molecule has 3 rings (SSSR count). The first-order valence-electron chi connectivity index (χ1n) is 8.26. The Hall–Kier alpha value is -3.06. The van der Waals surface area contributed by atoms with Crippen molar-refractivity contribution in [1.29, 1.82) is 0 Å². The van der Waals surface area contributed by atoms with Gasteiger partial charge in [0, 0.05) is 12.2 Å². The van der Waals surface area contributed by atoms with E-state index in [1.807, 2.05) is 19.1 Å². The second kappa shape index (κ2) is 7.88. The van der Waals surface area contributed by atoms with Gasteiger partial charge in [0.25, 0.3) is 0 Å². The Kier molecular flexibility index (Phi) is 5.38. The number of ether oxygens (including phenoxy) is 2. The van der Waals surface area contributed by atoms with Crippen LogP contribution in [0.2, 0.25) is 0 Å². The highest BCUT2D eigenvalue weighted by atomic mass is 16.7. The third-order valence-corrected chi connectivity index (χ3v) is 4.00. The van der Waals surface area contributed by atoms with Crippen molar-refractivity contribution in [3.8, 4) is 11.5 Å². The quantitative estimate of drug-likeness (QED) is 0.711. The predicted octanol–water partition coefficient (Wildman–Crippen LogP) is 1.90. The van der Waals surface area contributed by atoms with Gasteiger partial charge in [-0.05, 0) is 43.2 Å². The number of carbonyl (C=O) groups excluding carboxylic acids is 2. The van der Waals surface area contributed by atoms with Crippen LogP contribution >= 0.6 is 0 Å². The van der Waals surface area contributed by atoms with Crippen molar-refractivity contribution in [2.45, 2.75) is 19.4 Å². The van der Waals surface area contributed by atoms with Crippen LogP contribution in [0.3, 0.4) is 0 Å². The molecule has 0 saturated carbocycles. The maximum absolute atomic E-state index is 11.9. The van der Waals surface area contributed by atoms with Gasteiger partial charge >= 0.3 is 11.8 Å². The molecule has 1 heterocycles. The molecule has 0 aromatic heterocycles. The highest BCUT2D eigenvalue weighted by molar-refractivity contribution is 6.39. The van der Waals surface area contributed by atoms with Gasteiger partial charge < -0.3 is 25.2 Å². The van der Waals surface area contributed by atoms with Crippen LogP contribution in [0, 0.1) is 6.92 Å². The van der Waals surface area contributed by atoms with Crippen LogP contribution in [-0.2, 0) is 9.59 Å². The summed E-state index contributed by atoms with van der Waals surface area (Å²) in [5, 5.41) is 15.2. The highest BCUT2D eigenvalue weighted by Gasteiger charge is 2.18. The zero-order valence-electron chi connectivity index (χ0n) is 14.3. The molecule has 1 unspecified atom stereocenters. The number of nitrogens with one attached hydrogen (secondary N) is 2. The van der Waals surface area contributed by atoms with Gasteiger partial charge in [-0.2, -0.15) is 0 Å². The predicted molar refractivity (Wildman–Crippen MR) is 95.0 cm³/mol. The maximum atomic E-state index is 11.9. The van der Waals surface area contributed by atoms with Crippen LogP contribution in [0.5, 0.6) is 11.5 Å². The van der Waals surface area contributed by atoms with Crippen LogP contribution in [0.15, 0.2) is 42.5 Å². The number of rotatable bonds is 5. The smallest absolute Gasteiger partial charge is 0.313 e. The number of benzene rings is 2. The molecular weight excluding hydrogens is 336 g/mol. The molecule has 0 spiro atoms. The van der Waals surface area contributed by atoms with Crippen LogP contribution in [0.1, 0.15) is 23.7 Å². The van der Waals surface area contributed by atoms with Gasteiger partial charge in [0.1, 0.15) is 0 Å². The fourth-order valence-electron chi connectivity index (χ4n) is 2.51. The minimum atomic E-state index is -0.787. The van der Waals surface area contributed by atoms with Crippen molar-refractivity contribution >= 4 is 17.5 Å². The fraction of sp³-hybridized carbons (Fsp3) is 0.263.